The summed E-state index contributed by atoms with van der Waals surface area (Å²) in [5.41, 5.74) is 3.99. The number of carbonyl (C=O) groups is 5. The molecule has 0 aliphatic carbocycles. The number of hydrogen-bond donors (Lipinski definition) is 2. The average Bonchev–Trinajstić information content (AvgIpc) is 4.22. The lowest BCUT2D eigenvalue weighted by Crippen LogP contribution is -2.52. The zero-order valence-electron chi connectivity index (χ0n) is 37.9. The summed E-state index contributed by atoms with van der Waals surface area (Å²) in [6.07, 6.45) is 11.5. The normalized spacial score (nSPS) is 19.2. The van der Waals surface area contributed by atoms with Gasteiger partial charge in [-0.15, -0.1) is 11.3 Å². The lowest BCUT2D eigenvalue weighted by atomic mass is 10.0. The Balaban J connectivity index is 0.647. The lowest BCUT2D eigenvalue weighted by molar-refractivity contribution is -0.137. The fourth-order valence-corrected chi connectivity index (χ4v) is 10.9. The predicted molar refractivity (Wildman–Crippen MR) is 253 cm³/mol. The molecule has 2 atom stereocenters. The number of ether oxygens (including phenoxy) is 1. The molecular weight excluding hydrogens is 904 g/mol. The Morgan fingerprint density at radius 1 is 0.928 bits per heavy atom. The van der Waals surface area contributed by atoms with E-state index in [2.05, 4.69) is 40.1 Å². The Hall–Kier alpha value is -7.06. The van der Waals surface area contributed by atoms with Gasteiger partial charge in [0.25, 0.3) is 11.8 Å². The predicted octanol–water partition coefficient (Wildman–Crippen LogP) is 4.80. The Kier molecular flexibility index (Phi) is 12.1. The van der Waals surface area contributed by atoms with Crippen molar-refractivity contribution in [2.24, 2.45) is 0 Å². The smallest absolute Gasteiger partial charge is 0.257 e. The van der Waals surface area contributed by atoms with Crippen molar-refractivity contribution >= 4 is 62.7 Å². The molecule has 3 saturated heterocycles. The number of nitrogens with zero attached hydrogens (tertiary/aromatic N) is 10. The van der Waals surface area contributed by atoms with E-state index in [0.717, 1.165) is 75.6 Å². The third-order valence-corrected chi connectivity index (χ3v) is 14.8. The summed E-state index contributed by atoms with van der Waals surface area (Å²) >= 11 is 1.32. The second-order valence-corrected chi connectivity index (χ2v) is 19.2. The number of imidazole rings is 1. The van der Waals surface area contributed by atoms with Crippen LogP contribution in [0.3, 0.4) is 0 Å². The molecule has 3 fully saturated rings. The van der Waals surface area contributed by atoms with Gasteiger partial charge in [-0.25, -0.2) is 19.3 Å². The number of hydrogen-bond acceptors (Lipinski definition) is 13. The van der Waals surface area contributed by atoms with Crippen molar-refractivity contribution in [1.29, 1.82) is 0 Å². The second kappa shape index (κ2) is 18.8. The maximum absolute atomic E-state index is 16.4. The summed E-state index contributed by atoms with van der Waals surface area (Å²) in [4.78, 5) is 86.1. The third kappa shape index (κ3) is 8.82. The SMILES string of the molecule is O=C1CCC(N2Cc3c(OC4CCN(C(=O)CCCN5CCN(c6ccc(-c7ccc8cn(C(C(=O)Nc9nccs9)c9ncn%10c9CCC%10)nc8c7F)cn6)CC5)CC4)cccc3C2=O)C(=O)N1. The van der Waals surface area contributed by atoms with Gasteiger partial charge in [0.05, 0.1) is 18.6 Å². The van der Waals surface area contributed by atoms with E-state index >= 15 is 4.39 Å². The van der Waals surface area contributed by atoms with E-state index in [1.165, 1.54) is 20.9 Å². The number of thiazole rings is 1. The zero-order valence-corrected chi connectivity index (χ0v) is 38.7. The molecule has 69 heavy (non-hydrogen) atoms. The molecule has 0 spiro atoms. The number of likely N-dealkylation sites (tertiary alicyclic amines) is 1. The number of anilines is 2. The number of piperidine rings is 2. The molecule has 5 amide bonds. The molecule has 9 heterocycles. The highest BCUT2D eigenvalue weighted by molar-refractivity contribution is 7.13. The number of imide groups is 1. The Morgan fingerprint density at radius 2 is 1.78 bits per heavy atom. The molecule has 2 N–H and O–H groups in total. The van der Waals surface area contributed by atoms with Gasteiger partial charge in [0.15, 0.2) is 17.0 Å². The largest absolute Gasteiger partial charge is 0.490 e. The Bertz CT molecular complexity index is 2940. The van der Waals surface area contributed by atoms with Crippen molar-refractivity contribution in [1.82, 2.24) is 49.3 Å². The minimum atomic E-state index is -0.914. The summed E-state index contributed by atoms with van der Waals surface area (Å²) in [6, 6.07) is 11.1. The number of piperazine rings is 1. The zero-order chi connectivity index (χ0) is 47.2. The van der Waals surface area contributed by atoms with Crippen LogP contribution in [0, 0.1) is 5.82 Å². The van der Waals surface area contributed by atoms with Crippen molar-refractivity contribution in [3.63, 3.8) is 0 Å². The molecule has 2 aromatic carbocycles. The fraction of sp³-hybridized carbons (Fsp3) is 0.408. The molecule has 4 aromatic heterocycles. The molecule has 356 valence electrons. The molecule has 0 bridgehead atoms. The maximum atomic E-state index is 16.4. The highest BCUT2D eigenvalue weighted by atomic mass is 32.1. The van der Waals surface area contributed by atoms with Gasteiger partial charge in [-0.2, -0.15) is 5.10 Å². The first-order valence-electron chi connectivity index (χ1n) is 23.7. The molecular formula is C49H51FN12O6S. The molecule has 18 nitrogen and oxygen atoms in total. The number of carbonyl (C=O) groups excluding carboxylic acids is 5. The number of nitrogens with one attached hydrogen (secondary N) is 2. The van der Waals surface area contributed by atoms with Crippen molar-refractivity contribution in [2.45, 2.75) is 82.6 Å². The third-order valence-electron chi connectivity index (χ3n) is 14.1. The van der Waals surface area contributed by atoms with Crippen LogP contribution in [0.2, 0.25) is 0 Å². The van der Waals surface area contributed by atoms with Crippen LogP contribution in [-0.2, 0) is 38.7 Å². The molecule has 11 rings (SSSR count). The number of aromatic nitrogens is 6. The number of halogens is 1. The molecule has 20 heteroatoms. The van der Waals surface area contributed by atoms with Crippen LogP contribution >= 0.6 is 11.3 Å². The number of pyridine rings is 1. The highest BCUT2D eigenvalue weighted by Gasteiger charge is 2.41. The van der Waals surface area contributed by atoms with Gasteiger partial charge in [0.1, 0.15) is 29.2 Å². The molecule has 5 aliphatic heterocycles. The Morgan fingerprint density at radius 3 is 2.57 bits per heavy atom. The van der Waals surface area contributed by atoms with E-state index in [4.69, 9.17) is 9.72 Å². The first-order valence-corrected chi connectivity index (χ1v) is 24.6. The van der Waals surface area contributed by atoms with Crippen molar-refractivity contribution in [2.75, 3.05) is 56.0 Å². The minimum absolute atomic E-state index is 0.103. The first kappa shape index (κ1) is 44.4. The second-order valence-electron chi connectivity index (χ2n) is 18.3. The van der Waals surface area contributed by atoms with Crippen molar-refractivity contribution in [3.05, 3.63) is 101 Å². The molecule has 2 unspecified atom stereocenters. The van der Waals surface area contributed by atoms with Gasteiger partial charge < -0.3 is 24.0 Å². The molecule has 5 aliphatic rings. The monoisotopic (exact) mass is 954 g/mol. The summed E-state index contributed by atoms with van der Waals surface area (Å²) in [6.45, 7) is 6.31. The lowest BCUT2D eigenvalue weighted by Gasteiger charge is -2.35. The molecule has 6 aromatic rings. The summed E-state index contributed by atoms with van der Waals surface area (Å²) in [5, 5.41) is 12.7. The minimum Gasteiger partial charge on any atom is -0.490 e. The number of aryl methyl sites for hydroxylation is 1. The van der Waals surface area contributed by atoms with Gasteiger partial charge in [0.2, 0.25) is 17.7 Å². The summed E-state index contributed by atoms with van der Waals surface area (Å²) in [7, 11) is 0. The van der Waals surface area contributed by atoms with E-state index < -0.39 is 23.8 Å². The van der Waals surface area contributed by atoms with Gasteiger partial charge in [-0.1, -0.05) is 18.2 Å². The number of rotatable bonds is 13. The van der Waals surface area contributed by atoms with E-state index in [0.29, 0.717) is 77.4 Å². The quantitative estimate of drug-likeness (QED) is 0.151. The Labute approximate surface area is 400 Å². The fourth-order valence-electron chi connectivity index (χ4n) is 10.4. The summed E-state index contributed by atoms with van der Waals surface area (Å²) in [5.74, 6) is -0.260. The van der Waals surface area contributed by atoms with Gasteiger partial charge in [-0.05, 0) is 56.5 Å². The van der Waals surface area contributed by atoms with E-state index in [9.17, 15) is 24.0 Å². The van der Waals surface area contributed by atoms with Gasteiger partial charge in [0, 0.05) is 129 Å². The average molecular weight is 955 g/mol. The molecule has 0 saturated carbocycles. The van der Waals surface area contributed by atoms with Crippen molar-refractivity contribution < 1.29 is 33.1 Å². The number of benzene rings is 2. The van der Waals surface area contributed by atoms with Crippen LogP contribution in [0.1, 0.15) is 78.3 Å². The van der Waals surface area contributed by atoms with E-state index in [1.54, 1.807) is 48.5 Å². The molecule has 0 radical (unpaired) electrons. The highest BCUT2D eigenvalue weighted by Crippen LogP contribution is 2.36. The van der Waals surface area contributed by atoms with E-state index in [-0.39, 0.29) is 48.2 Å². The van der Waals surface area contributed by atoms with Crippen LogP contribution in [0.5, 0.6) is 5.75 Å². The topological polar surface area (TPSA) is 193 Å². The van der Waals surface area contributed by atoms with E-state index in [1.807, 2.05) is 29.2 Å². The maximum Gasteiger partial charge on any atom is 0.257 e. The van der Waals surface area contributed by atoms with Crippen LogP contribution in [-0.4, -0.2) is 131 Å². The van der Waals surface area contributed by atoms with Crippen LogP contribution < -0.4 is 20.3 Å². The number of amides is 5. The van der Waals surface area contributed by atoms with Gasteiger partial charge in [-0.3, -0.25) is 44.2 Å². The number of fused-ring (bicyclic) bond motifs is 3. The van der Waals surface area contributed by atoms with Crippen LogP contribution in [0.15, 0.2) is 72.8 Å². The van der Waals surface area contributed by atoms with Crippen LogP contribution in [0.25, 0.3) is 22.0 Å². The summed E-state index contributed by atoms with van der Waals surface area (Å²) < 4.78 is 26.4. The van der Waals surface area contributed by atoms with Crippen molar-refractivity contribution in [3.8, 4) is 16.9 Å². The van der Waals surface area contributed by atoms with Gasteiger partial charge >= 0.3 is 0 Å². The standard InChI is InChI=1S/C49H51FN12O6S/c50-42-33(10-8-31-27-62(56-43(31)42)45(47(66)55-49-51-16-25-69-49)44-36-5-2-18-60(36)29-53-44)30-9-12-39(52-26-30)58-23-21-57(22-24-58)17-3-7-41(64)59-19-14-32(15-20-59)68-38-6-1-4-34-35(38)28-61(48(34)67)37-11-13-40(63)54-46(37)65/h1,4,6,8-10,12,16,25-27,29,32,37,45H,2-3,5,7,11,13-15,17-24,28H2,(H,51,55,66)(H,54,63,65). The van der Waals surface area contributed by atoms with Crippen LogP contribution in [0.4, 0.5) is 15.3 Å². The first-order chi connectivity index (χ1) is 33.6.